The van der Waals surface area contributed by atoms with Crippen LogP contribution in [0.5, 0.6) is 0 Å². The lowest BCUT2D eigenvalue weighted by molar-refractivity contribution is 0.0902. The first-order valence-corrected chi connectivity index (χ1v) is 7.89. The highest BCUT2D eigenvalue weighted by atomic mass is 16.3. The van der Waals surface area contributed by atoms with Gasteiger partial charge in [0.1, 0.15) is 0 Å². The zero-order valence-electron chi connectivity index (χ0n) is 12.8. The van der Waals surface area contributed by atoms with Crippen LogP contribution >= 0.6 is 0 Å². The minimum atomic E-state index is -0.209. The van der Waals surface area contributed by atoms with Gasteiger partial charge in [-0.1, -0.05) is 12.8 Å². The summed E-state index contributed by atoms with van der Waals surface area (Å²) in [5.74, 6) is 0. The van der Waals surface area contributed by atoms with Crippen molar-refractivity contribution in [1.29, 1.82) is 0 Å². The molecule has 2 N–H and O–H groups in total. The molecule has 2 aromatic rings. The fourth-order valence-electron chi connectivity index (χ4n) is 3.06. The van der Waals surface area contributed by atoms with Crippen molar-refractivity contribution in [3.8, 4) is 0 Å². The lowest BCUT2D eigenvalue weighted by Gasteiger charge is -2.28. The van der Waals surface area contributed by atoms with E-state index in [4.69, 9.17) is 0 Å². The van der Waals surface area contributed by atoms with Gasteiger partial charge in [-0.25, -0.2) is 9.67 Å². The Labute approximate surface area is 125 Å². The van der Waals surface area contributed by atoms with Crippen molar-refractivity contribution < 1.29 is 5.11 Å². The smallest absolute Gasteiger partial charge is 0.157 e. The van der Waals surface area contributed by atoms with E-state index in [0.717, 1.165) is 42.4 Å². The highest BCUT2D eigenvalue weighted by Crippen LogP contribution is 2.20. The number of aliphatic hydroxyl groups is 1. The molecule has 5 nitrogen and oxygen atoms in total. The number of hydrogen-bond donors (Lipinski definition) is 2. The Morgan fingerprint density at radius 3 is 2.90 bits per heavy atom. The Bertz CT molecular complexity index is 607. The van der Waals surface area contributed by atoms with E-state index < -0.39 is 0 Å². The topological polar surface area (TPSA) is 63.0 Å². The molecule has 2 heterocycles. The number of aromatic nitrogens is 3. The molecule has 1 aliphatic carbocycles. The molecule has 0 aliphatic heterocycles. The highest BCUT2D eigenvalue weighted by molar-refractivity contribution is 5.75. The van der Waals surface area contributed by atoms with E-state index in [1.54, 1.807) is 0 Å². The predicted octanol–water partition coefficient (Wildman–Crippen LogP) is 2.41. The Morgan fingerprint density at radius 1 is 1.33 bits per heavy atom. The molecule has 0 spiro atoms. The molecule has 0 bridgehead atoms. The first-order chi connectivity index (χ1) is 10.1. The Hall–Kier alpha value is -1.46. The molecule has 2 atom stereocenters. The van der Waals surface area contributed by atoms with E-state index in [9.17, 15) is 5.11 Å². The largest absolute Gasteiger partial charge is 0.392 e. The molecule has 1 saturated carbocycles. The lowest BCUT2D eigenvalue weighted by Crippen LogP contribution is -2.41. The van der Waals surface area contributed by atoms with Gasteiger partial charge in [-0.05, 0) is 38.3 Å². The highest BCUT2D eigenvalue weighted by Gasteiger charge is 2.22. The molecule has 1 aliphatic rings. The Kier molecular flexibility index (Phi) is 4.22. The van der Waals surface area contributed by atoms with Crippen molar-refractivity contribution in [2.45, 2.75) is 64.3 Å². The van der Waals surface area contributed by atoms with Crippen molar-refractivity contribution in [2.75, 3.05) is 0 Å². The minimum absolute atomic E-state index is 0.209. The van der Waals surface area contributed by atoms with Crippen LogP contribution in [0.2, 0.25) is 0 Å². The summed E-state index contributed by atoms with van der Waals surface area (Å²) >= 11 is 0. The van der Waals surface area contributed by atoms with Crippen LogP contribution in [0.4, 0.5) is 0 Å². The van der Waals surface area contributed by atoms with Crippen molar-refractivity contribution in [3.05, 3.63) is 24.0 Å². The molecule has 2 unspecified atom stereocenters. The molecular weight excluding hydrogens is 264 g/mol. The molecule has 0 aromatic carbocycles. The van der Waals surface area contributed by atoms with Gasteiger partial charge in [-0.15, -0.1) is 0 Å². The van der Waals surface area contributed by atoms with Gasteiger partial charge in [0.15, 0.2) is 5.65 Å². The summed E-state index contributed by atoms with van der Waals surface area (Å²) < 4.78 is 1.94. The van der Waals surface area contributed by atoms with Crippen LogP contribution in [0.3, 0.4) is 0 Å². The average molecular weight is 288 g/mol. The van der Waals surface area contributed by atoms with Crippen LogP contribution in [0.15, 0.2) is 18.5 Å². The SMILES string of the molecule is CC(C)n1ncc2cc(CNC3CCCCC3O)cnc21. The number of pyridine rings is 1. The molecule has 5 heteroatoms. The molecule has 0 radical (unpaired) electrons. The van der Waals surface area contributed by atoms with E-state index in [0.29, 0.717) is 6.04 Å². The molecule has 0 saturated heterocycles. The summed E-state index contributed by atoms with van der Waals surface area (Å²) in [5, 5.41) is 18.9. The number of nitrogens with zero attached hydrogens (tertiary/aromatic N) is 3. The van der Waals surface area contributed by atoms with E-state index in [1.807, 2.05) is 17.1 Å². The second-order valence-corrected chi connectivity index (χ2v) is 6.28. The third kappa shape index (κ3) is 3.09. The van der Waals surface area contributed by atoms with Gasteiger partial charge in [0.05, 0.1) is 12.3 Å². The van der Waals surface area contributed by atoms with Crippen LogP contribution in [0.1, 0.15) is 51.1 Å². The Balaban J connectivity index is 1.70. The van der Waals surface area contributed by atoms with Gasteiger partial charge in [0.2, 0.25) is 0 Å². The fraction of sp³-hybridized carbons (Fsp3) is 0.625. The molecule has 2 aromatic heterocycles. The second-order valence-electron chi connectivity index (χ2n) is 6.28. The monoisotopic (exact) mass is 288 g/mol. The van der Waals surface area contributed by atoms with E-state index in [2.05, 4.69) is 35.3 Å². The second kappa shape index (κ2) is 6.12. The third-order valence-corrected chi connectivity index (χ3v) is 4.28. The average Bonchev–Trinajstić information content (AvgIpc) is 2.89. The maximum atomic E-state index is 9.99. The standard InChI is InChI=1S/C16H24N4O/c1-11(2)20-16-13(10-19-20)7-12(9-18-16)8-17-14-5-3-4-6-15(14)21/h7,9-11,14-15,17,21H,3-6,8H2,1-2H3. The zero-order valence-corrected chi connectivity index (χ0v) is 12.8. The minimum Gasteiger partial charge on any atom is -0.392 e. The first-order valence-electron chi connectivity index (χ1n) is 7.89. The maximum Gasteiger partial charge on any atom is 0.157 e. The number of nitrogens with one attached hydrogen (secondary N) is 1. The van der Waals surface area contributed by atoms with Gasteiger partial charge >= 0.3 is 0 Å². The molecule has 0 amide bonds. The van der Waals surface area contributed by atoms with Crippen molar-refractivity contribution in [1.82, 2.24) is 20.1 Å². The quantitative estimate of drug-likeness (QED) is 0.907. The van der Waals surface area contributed by atoms with Crippen molar-refractivity contribution in [2.24, 2.45) is 0 Å². The normalized spacial score (nSPS) is 23.0. The molecule has 114 valence electrons. The van der Waals surface area contributed by atoms with Gasteiger partial charge in [-0.2, -0.15) is 5.10 Å². The van der Waals surface area contributed by atoms with Crippen LogP contribution in [0.25, 0.3) is 11.0 Å². The summed E-state index contributed by atoms with van der Waals surface area (Å²) in [6, 6.07) is 2.67. The summed E-state index contributed by atoms with van der Waals surface area (Å²) in [6.07, 6.45) is 7.89. The van der Waals surface area contributed by atoms with Gasteiger partial charge in [0.25, 0.3) is 0 Å². The predicted molar refractivity (Wildman–Crippen MR) is 83.0 cm³/mol. The fourth-order valence-corrected chi connectivity index (χ4v) is 3.06. The maximum absolute atomic E-state index is 9.99. The van der Waals surface area contributed by atoms with Crippen molar-refractivity contribution >= 4 is 11.0 Å². The third-order valence-electron chi connectivity index (χ3n) is 4.28. The van der Waals surface area contributed by atoms with E-state index in [1.165, 1.54) is 6.42 Å². The summed E-state index contributed by atoms with van der Waals surface area (Å²) in [5.41, 5.74) is 2.08. The molecule has 21 heavy (non-hydrogen) atoms. The van der Waals surface area contributed by atoms with Gasteiger partial charge < -0.3 is 10.4 Å². The van der Waals surface area contributed by atoms with Crippen LogP contribution in [-0.2, 0) is 6.54 Å². The van der Waals surface area contributed by atoms with E-state index >= 15 is 0 Å². The first kappa shape index (κ1) is 14.5. The molecular formula is C16H24N4O. The summed E-state index contributed by atoms with van der Waals surface area (Å²) in [4.78, 5) is 4.54. The summed E-state index contributed by atoms with van der Waals surface area (Å²) in [7, 11) is 0. The molecule has 1 fully saturated rings. The van der Waals surface area contributed by atoms with Gasteiger partial charge in [-0.3, -0.25) is 0 Å². The van der Waals surface area contributed by atoms with Crippen LogP contribution in [0, 0.1) is 0 Å². The summed E-state index contributed by atoms with van der Waals surface area (Å²) in [6.45, 7) is 4.96. The van der Waals surface area contributed by atoms with E-state index in [-0.39, 0.29) is 12.1 Å². The molecule has 3 rings (SSSR count). The number of fused-ring (bicyclic) bond motifs is 1. The van der Waals surface area contributed by atoms with Crippen LogP contribution in [-0.4, -0.2) is 32.0 Å². The van der Waals surface area contributed by atoms with Crippen LogP contribution < -0.4 is 5.32 Å². The Morgan fingerprint density at radius 2 is 2.14 bits per heavy atom. The van der Waals surface area contributed by atoms with Gasteiger partial charge in [0, 0.05) is 30.2 Å². The number of rotatable bonds is 4. The number of hydrogen-bond acceptors (Lipinski definition) is 4. The van der Waals surface area contributed by atoms with Crippen molar-refractivity contribution in [3.63, 3.8) is 0 Å². The number of aliphatic hydroxyl groups excluding tert-OH is 1. The zero-order chi connectivity index (χ0) is 14.8. The lowest BCUT2D eigenvalue weighted by atomic mass is 9.92.